The smallest absolute Gasteiger partial charge is 0.387 e. The van der Waals surface area contributed by atoms with Crippen molar-refractivity contribution in [1.29, 1.82) is 0 Å². The van der Waals surface area contributed by atoms with Gasteiger partial charge in [-0.25, -0.2) is 4.98 Å². The first-order chi connectivity index (χ1) is 7.15. The maximum Gasteiger partial charge on any atom is 0.387 e. The number of alkyl halides is 2. The standard InChI is InChI=1S/C9H5ClF2N2O/c10-8-4-13-6-2-1-5(15-9(11)12)3-7(6)14-8/h1-4,9H. The Hall–Kier alpha value is -1.49. The van der Waals surface area contributed by atoms with Gasteiger partial charge >= 0.3 is 6.61 Å². The van der Waals surface area contributed by atoms with E-state index in [4.69, 9.17) is 11.6 Å². The Bertz CT molecular complexity index is 492. The molecule has 1 heterocycles. The summed E-state index contributed by atoms with van der Waals surface area (Å²) in [7, 11) is 0. The van der Waals surface area contributed by atoms with Crippen molar-refractivity contribution in [2.45, 2.75) is 6.61 Å². The molecule has 0 amide bonds. The summed E-state index contributed by atoms with van der Waals surface area (Å²) in [5, 5.41) is 0.205. The van der Waals surface area contributed by atoms with Crippen LogP contribution in [0.4, 0.5) is 8.78 Å². The van der Waals surface area contributed by atoms with Crippen LogP contribution < -0.4 is 4.74 Å². The molecule has 1 aromatic carbocycles. The second kappa shape index (κ2) is 3.94. The summed E-state index contributed by atoms with van der Waals surface area (Å²) in [6.07, 6.45) is 1.39. The molecule has 0 saturated heterocycles. The Morgan fingerprint density at radius 2 is 2.07 bits per heavy atom. The lowest BCUT2D eigenvalue weighted by Gasteiger charge is -2.04. The van der Waals surface area contributed by atoms with Gasteiger partial charge in [0.05, 0.1) is 17.2 Å². The van der Waals surface area contributed by atoms with E-state index in [0.29, 0.717) is 11.0 Å². The van der Waals surface area contributed by atoms with Crippen LogP contribution in [-0.4, -0.2) is 16.6 Å². The highest BCUT2D eigenvalue weighted by atomic mass is 35.5. The summed E-state index contributed by atoms with van der Waals surface area (Å²) in [4.78, 5) is 7.89. The molecule has 0 radical (unpaired) electrons. The van der Waals surface area contributed by atoms with Crippen LogP contribution in [-0.2, 0) is 0 Å². The summed E-state index contributed by atoms with van der Waals surface area (Å²) < 4.78 is 28.0. The number of hydrogen-bond acceptors (Lipinski definition) is 3. The molecule has 0 atom stereocenters. The molecule has 0 N–H and O–H groups in total. The van der Waals surface area contributed by atoms with Crippen molar-refractivity contribution in [3.8, 4) is 5.75 Å². The zero-order valence-electron chi connectivity index (χ0n) is 7.32. The third-order valence-corrected chi connectivity index (χ3v) is 1.89. The molecule has 2 aromatic rings. The fourth-order valence-electron chi connectivity index (χ4n) is 1.14. The van der Waals surface area contributed by atoms with Crippen molar-refractivity contribution in [2.24, 2.45) is 0 Å². The quantitative estimate of drug-likeness (QED) is 0.796. The van der Waals surface area contributed by atoms with Gasteiger partial charge in [-0.05, 0) is 12.1 Å². The van der Waals surface area contributed by atoms with E-state index in [1.807, 2.05) is 0 Å². The number of halogens is 3. The second-order valence-corrected chi connectivity index (χ2v) is 3.11. The van der Waals surface area contributed by atoms with E-state index in [9.17, 15) is 8.78 Å². The van der Waals surface area contributed by atoms with E-state index >= 15 is 0 Å². The maximum absolute atomic E-state index is 11.9. The van der Waals surface area contributed by atoms with Crippen LogP contribution in [0.15, 0.2) is 24.4 Å². The van der Waals surface area contributed by atoms with Crippen LogP contribution in [0.3, 0.4) is 0 Å². The van der Waals surface area contributed by atoms with Crippen LogP contribution in [0.1, 0.15) is 0 Å². The minimum atomic E-state index is -2.85. The van der Waals surface area contributed by atoms with Gasteiger partial charge in [-0.15, -0.1) is 0 Å². The monoisotopic (exact) mass is 230 g/mol. The van der Waals surface area contributed by atoms with Crippen molar-refractivity contribution in [3.05, 3.63) is 29.5 Å². The Balaban J connectivity index is 2.45. The van der Waals surface area contributed by atoms with Gasteiger partial charge in [-0.3, -0.25) is 4.98 Å². The normalized spacial score (nSPS) is 10.9. The lowest BCUT2D eigenvalue weighted by molar-refractivity contribution is -0.0497. The van der Waals surface area contributed by atoms with Gasteiger partial charge in [0, 0.05) is 6.07 Å². The average molecular weight is 231 g/mol. The van der Waals surface area contributed by atoms with Gasteiger partial charge in [0.25, 0.3) is 0 Å². The number of benzene rings is 1. The zero-order chi connectivity index (χ0) is 10.8. The molecule has 0 saturated carbocycles. The Kier molecular flexibility index (Phi) is 2.64. The molecule has 15 heavy (non-hydrogen) atoms. The Morgan fingerprint density at radius 3 is 2.80 bits per heavy atom. The molecule has 0 fully saturated rings. The Morgan fingerprint density at radius 1 is 1.27 bits per heavy atom. The molecule has 0 aliphatic rings. The van der Waals surface area contributed by atoms with Crippen molar-refractivity contribution in [3.63, 3.8) is 0 Å². The zero-order valence-corrected chi connectivity index (χ0v) is 8.08. The molecular formula is C9H5ClF2N2O. The highest BCUT2D eigenvalue weighted by Gasteiger charge is 2.06. The van der Waals surface area contributed by atoms with E-state index in [0.717, 1.165) is 0 Å². The highest BCUT2D eigenvalue weighted by molar-refractivity contribution is 6.29. The van der Waals surface area contributed by atoms with E-state index in [2.05, 4.69) is 14.7 Å². The van der Waals surface area contributed by atoms with Gasteiger partial charge in [-0.2, -0.15) is 8.78 Å². The first-order valence-electron chi connectivity index (χ1n) is 4.02. The van der Waals surface area contributed by atoms with Gasteiger partial charge in [0.2, 0.25) is 0 Å². The summed E-state index contributed by atoms with van der Waals surface area (Å²) in [6, 6.07) is 4.30. The summed E-state index contributed by atoms with van der Waals surface area (Å²) >= 11 is 5.61. The van der Waals surface area contributed by atoms with Gasteiger partial charge in [0.1, 0.15) is 10.9 Å². The van der Waals surface area contributed by atoms with Crippen LogP contribution in [0.2, 0.25) is 5.15 Å². The van der Waals surface area contributed by atoms with E-state index < -0.39 is 6.61 Å². The largest absolute Gasteiger partial charge is 0.435 e. The first kappa shape index (κ1) is 10.0. The number of ether oxygens (including phenoxy) is 1. The van der Waals surface area contributed by atoms with E-state index in [1.165, 1.54) is 24.4 Å². The predicted octanol–water partition coefficient (Wildman–Crippen LogP) is 2.88. The maximum atomic E-state index is 11.9. The molecule has 0 aliphatic heterocycles. The summed E-state index contributed by atoms with van der Waals surface area (Å²) in [5.41, 5.74) is 0.988. The number of nitrogens with zero attached hydrogens (tertiary/aromatic N) is 2. The summed E-state index contributed by atoms with van der Waals surface area (Å²) in [5.74, 6) is 0.0362. The number of hydrogen-bond donors (Lipinski definition) is 0. The van der Waals surface area contributed by atoms with Crippen molar-refractivity contribution in [1.82, 2.24) is 9.97 Å². The average Bonchev–Trinajstić information content (AvgIpc) is 2.16. The van der Waals surface area contributed by atoms with E-state index in [1.54, 1.807) is 0 Å². The fourth-order valence-corrected chi connectivity index (χ4v) is 1.28. The molecule has 2 rings (SSSR count). The van der Waals surface area contributed by atoms with Crippen molar-refractivity contribution in [2.75, 3.05) is 0 Å². The number of fused-ring (bicyclic) bond motifs is 1. The molecule has 3 nitrogen and oxygen atoms in total. The van der Waals surface area contributed by atoms with Gasteiger partial charge in [0.15, 0.2) is 0 Å². The van der Waals surface area contributed by atoms with E-state index in [-0.39, 0.29) is 10.9 Å². The second-order valence-electron chi connectivity index (χ2n) is 2.72. The molecule has 1 aromatic heterocycles. The predicted molar refractivity (Wildman–Crippen MR) is 51.2 cm³/mol. The number of rotatable bonds is 2. The molecule has 78 valence electrons. The van der Waals surface area contributed by atoms with Crippen molar-refractivity contribution < 1.29 is 13.5 Å². The van der Waals surface area contributed by atoms with Gasteiger partial charge in [-0.1, -0.05) is 11.6 Å². The number of aromatic nitrogens is 2. The summed E-state index contributed by atoms with van der Waals surface area (Å²) in [6.45, 7) is -2.85. The minimum absolute atomic E-state index is 0.0362. The highest BCUT2D eigenvalue weighted by Crippen LogP contribution is 2.20. The first-order valence-corrected chi connectivity index (χ1v) is 4.40. The van der Waals surface area contributed by atoms with Crippen molar-refractivity contribution >= 4 is 22.6 Å². The topological polar surface area (TPSA) is 35.0 Å². The van der Waals surface area contributed by atoms with Crippen LogP contribution in [0, 0.1) is 0 Å². The molecule has 0 bridgehead atoms. The third kappa shape index (κ3) is 2.30. The molecule has 6 heteroatoms. The fraction of sp³-hybridized carbons (Fsp3) is 0.111. The lowest BCUT2D eigenvalue weighted by atomic mass is 10.3. The molecule has 0 aliphatic carbocycles. The molecule has 0 spiro atoms. The Labute approximate surface area is 88.7 Å². The van der Waals surface area contributed by atoms with Crippen LogP contribution in [0.25, 0.3) is 11.0 Å². The van der Waals surface area contributed by atoms with Crippen LogP contribution >= 0.6 is 11.6 Å². The third-order valence-electron chi connectivity index (χ3n) is 1.71. The van der Waals surface area contributed by atoms with Crippen LogP contribution in [0.5, 0.6) is 5.75 Å². The molecular weight excluding hydrogens is 226 g/mol. The SMILES string of the molecule is FC(F)Oc1ccc2ncc(Cl)nc2c1. The minimum Gasteiger partial charge on any atom is -0.435 e. The van der Waals surface area contributed by atoms with Gasteiger partial charge < -0.3 is 4.74 Å². The lowest BCUT2D eigenvalue weighted by Crippen LogP contribution is -2.01. The molecule has 0 unspecified atom stereocenters.